The molecule has 0 amide bonds. The predicted octanol–water partition coefficient (Wildman–Crippen LogP) is 2.22. The van der Waals surface area contributed by atoms with E-state index in [2.05, 4.69) is 44.8 Å². The maximum Gasteiger partial charge on any atom is 0.191 e. The van der Waals surface area contributed by atoms with E-state index in [0.29, 0.717) is 0 Å². The van der Waals surface area contributed by atoms with Crippen molar-refractivity contribution in [2.45, 2.75) is 19.4 Å². The van der Waals surface area contributed by atoms with Crippen LogP contribution in [0.2, 0.25) is 0 Å². The molecule has 0 unspecified atom stereocenters. The minimum Gasteiger partial charge on any atom is -0.378 e. The Bertz CT molecular complexity index is 496. The van der Waals surface area contributed by atoms with E-state index in [0.717, 1.165) is 51.3 Å². The van der Waals surface area contributed by atoms with Gasteiger partial charge >= 0.3 is 0 Å². The van der Waals surface area contributed by atoms with Gasteiger partial charge in [-0.1, -0.05) is 12.1 Å². The molecule has 1 aromatic rings. The van der Waals surface area contributed by atoms with E-state index in [4.69, 9.17) is 4.74 Å². The SMILES string of the molecule is CN=C(NCc1ccc(N2CCOCC2)cc1)NCC1CC1.I. The third kappa shape index (κ3) is 5.84. The maximum atomic E-state index is 5.39. The van der Waals surface area contributed by atoms with Crippen LogP contribution in [0.3, 0.4) is 0 Å². The topological polar surface area (TPSA) is 48.9 Å². The molecule has 1 heterocycles. The monoisotopic (exact) mass is 430 g/mol. The molecule has 1 saturated carbocycles. The zero-order valence-corrected chi connectivity index (χ0v) is 16.1. The van der Waals surface area contributed by atoms with Crippen molar-refractivity contribution >= 4 is 35.6 Å². The van der Waals surface area contributed by atoms with Crippen molar-refractivity contribution < 1.29 is 4.74 Å². The standard InChI is InChI=1S/C17H26N4O.HI/c1-18-17(19-12-14-2-3-14)20-13-15-4-6-16(7-5-15)21-8-10-22-11-9-21;/h4-7,14H,2-3,8-13H2,1H3,(H2,18,19,20);1H. The van der Waals surface area contributed by atoms with Crippen LogP contribution in [0.15, 0.2) is 29.3 Å². The highest BCUT2D eigenvalue weighted by Gasteiger charge is 2.21. The number of morpholine rings is 1. The van der Waals surface area contributed by atoms with Crippen LogP contribution >= 0.6 is 24.0 Å². The largest absolute Gasteiger partial charge is 0.378 e. The third-order valence-electron chi connectivity index (χ3n) is 4.25. The van der Waals surface area contributed by atoms with Crippen LogP contribution in [0.1, 0.15) is 18.4 Å². The van der Waals surface area contributed by atoms with Gasteiger partial charge in [0.05, 0.1) is 13.2 Å². The fourth-order valence-electron chi connectivity index (χ4n) is 2.62. The van der Waals surface area contributed by atoms with Gasteiger partial charge in [-0.15, -0.1) is 24.0 Å². The zero-order valence-electron chi connectivity index (χ0n) is 13.8. The van der Waals surface area contributed by atoms with Gasteiger partial charge in [-0.05, 0) is 36.5 Å². The highest BCUT2D eigenvalue weighted by atomic mass is 127. The van der Waals surface area contributed by atoms with Gasteiger partial charge in [-0.3, -0.25) is 4.99 Å². The second-order valence-electron chi connectivity index (χ2n) is 6.02. The molecule has 2 N–H and O–H groups in total. The van der Waals surface area contributed by atoms with Crippen LogP contribution in [0.5, 0.6) is 0 Å². The van der Waals surface area contributed by atoms with Crippen molar-refractivity contribution in [1.29, 1.82) is 0 Å². The molecule has 6 heteroatoms. The number of ether oxygens (including phenoxy) is 1. The Morgan fingerprint density at radius 2 is 1.87 bits per heavy atom. The summed E-state index contributed by atoms with van der Waals surface area (Å²) in [6.07, 6.45) is 2.71. The molecule has 0 aromatic heterocycles. The highest BCUT2D eigenvalue weighted by molar-refractivity contribution is 14.0. The van der Waals surface area contributed by atoms with Crippen LogP contribution in [-0.2, 0) is 11.3 Å². The van der Waals surface area contributed by atoms with E-state index in [1.807, 2.05) is 7.05 Å². The average molecular weight is 430 g/mol. The van der Waals surface area contributed by atoms with E-state index in [1.165, 1.54) is 24.1 Å². The van der Waals surface area contributed by atoms with Crippen LogP contribution in [-0.4, -0.2) is 45.9 Å². The van der Waals surface area contributed by atoms with Crippen molar-refractivity contribution in [3.63, 3.8) is 0 Å². The molecular formula is C17H27IN4O. The van der Waals surface area contributed by atoms with E-state index in [9.17, 15) is 0 Å². The van der Waals surface area contributed by atoms with Crippen LogP contribution in [0.25, 0.3) is 0 Å². The summed E-state index contributed by atoms with van der Waals surface area (Å²) < 4.78 is 5.39. The first-order valence-corrected chi connectivity index (χ1v) is 8.21. The minimum absolute atomic E-state index is 0. The van der Waals surface area contributed by atoms with Gasteiger partial charge in [0.2, 0.25) is 0 Å². The Morgan fingerprint density at radius 1 is 1.17 bits per heavy atom. The quantitative estimate of drug-likeness (QED) is 0.428. The number of rotatable bonds is 5. The molecule has 1 aliphatic heterocycles. The first kappa shape index (κ1) is 18.3. The van der Waals surface area contributed by atoms with Gasteiger partial charge in [0.15, 0.2) is 5.96 Å². The molecule has 128 valence electrons. The summed E-state index contributed by atoms with van der Waals surface area (Å²) in [7, 11) is 1.82. The smallest absolute Gasteiger partial charge is 0.191 e. The zero-order chi connectivity index (χ0) is 15.2. The molecule has 2 aliphatic rings. The Balaban J connectivity index is 0.00000192. The van der Waals surface area contributed by atoms with Gasteiger partial charge in [-0.2, -0.15) is 0 Å². The Hall–Kier alpha value is -1.02. The summed E-state index contributed by atoms with van der Waals surface area (Å²) in [5, 5.41) is 6.75. The lowest BCUT2D eigenvalue weighted by atomic mass is 10.2. The minimum atomic E-state index is 0. The van der Waals surface area contributed by atoms with Gasteiger partial charge in [0, 0.05) is 38.9 Å². The van der Waals surface area contributed by atoms with E-state index in [1.54, 1.807) is 0 Å². The molecule has 1 saturated heterocycles. The fraction of sp³-hybridized carbons (Fsp3) is 0.588. The molecule has 0 spiro atoms. The number of hydrogen-bond acceptors (Lipinski definition) is 3. The molecule has 1 aromatic carbocycles. The van der Waals surface area contributed by atoms with Crippen molar-refractivity contribution in [1.82, 2.24) is 10.6 Å². The first-order valence-electron chi connectivity index (χ1n) is 8.21. The number of aliphatic imine (C=N–C) groups is 1. The van der Waals surface area contributed by atoms with E-state index in [-0.39, 0.29) is 24.0 Å². The molecule has 2 fully saturated rings. The summed E-state index contributed by atoms with van der Waals surface area (Å²) in [6, 6.07) is 8.77. The number of halogens is 1. The predicted molar refractivity (Wildman–Crippen MR) is 106 cm³/mol. The van der Waals surface area contributed by atoms with Gasteiger partial charge in [-0.25, -0.2) is 0 Å². The first-order chi connectivity index (χ1) is 10.8. The summed E-state index contributed by atoms with van der Waals surface area (Å²) in [5.74, 6) is 1.75. The normalized spacial score (nSPS) is 18.3. The number of benzene rings is 1. The lowest BCUT2D eigenvalue weighted by Gasteiger charge is -2.28. The van der Waals surface area contributed by atoms with Gasteiger partial charge in [0.25, 0.3) is 0 Å². The van der Waals surface area contributed by atoms with Crippen molar-refractivity contribution in [2.24, 2.45) is 10.9 Å². The molecule has 0 radical (unpaired) electrons. The lowest BCUT2D eigenvalue weighted by molar-refractivity contribution is 0.122. The number of nitrogens with zero attached hydrogens (tertiary/aromatic N) is 2. The second kappa shape index (κ2) is 9.32. The third-order valence-corrected chi connectivity index (χ3v) is 4.25. The summed E-state index contributed by atoms with van der Waals surface area (Å²) in [6.45, 7) is 5.45. The number of hydrogen-bond donors (Lipinski definition) is 2. The van der Waals surface area contributed by atoms with Crippen LogP contribution in [0.4, 0.5) is 5.69 Å². The van der Waals surface area contributed by atoms with Crippen LogP contribution < -0.4 is 15.5 Å². The van der Waals surface area contributed by atoms with E-state index < -0.39 is 0 Å². The molecule has 3 rings (SSSR count). The van der Waals surface area contributed by atoms with Gasteiger partial charge < -0.3 is 20.3 Å². The number of nitrogens with one attached hydrogen (secondary N) is 2. The fourth-order valence-corrected chi connectivity index (χ4v) is 2.62. The van der Waals surface area contributed by atoms with Gasteiger partial charge in [0.1, 0.15) is 0 Å². The summed E-state index contributed by atoms with van der Waals surface area (Å²) in [4.78, 5) is 6.64. The summed E-state index contributed by atoms with van der Waals surface area (Å²) in [5.41, 5.74) is 2.55. The number of guanidine groups is 1. The molecule has 0 atom stereocenters. The molecule has 5 nitrogen and oxygen atoms in total. The second-order valence-corrected chi connectivity index (χ2v) is 6.02. The molecule has 1 aliphatic carbocycles. The Kier molecular flexibility index (Phi) is 7.42. The van der Waals surface area contributed by atoms with Crippen molar-refractivity contribution in [3.05, 3.63) is 29.8 Å². The molecular weight excluding hydrogens is 403 g/mol. The number of anilines is 1. The Morgan fingerprint density at radius 3 is 2.48 bits per heavy atom. The summed E-state index contributed by atoms with van der Waals surface area (Å²) >= 11 is 0. The van der Waals surface area contributed by atoms with E-state index >= 15 is 0 Å². The molecule has 23 heavy (non-hydrogen) atoms. The Labute approximate surface area is 155 Å². The lowest BCUT2D eigenvalue weighted by Crippen LogP contribution is -2.38. The van der Waals surface area contributed by atoms with Crippen molar-refractivity contribution in [2.75, 3.05) is 44.8 Å². The molecule has 0 bridgehead atoms. The van der Waals surface area contributed by atoms with Crippen LogP contribution in [0, 0.1) is 5.92 Å². The highest BCUT2D eigenvalue weighted by Crippen LogP contribution is 2.27. The maximum absolute atomic E-state index is 5.39. The van der Waals surface area contributed by atoms with Crippen molar-refractivity contribution in [3.8, 4) is 0 Å². The average Bonchev–Trinajstić information content (AvgIpc) is 3.41.